The van der Waals surface area contributed by atoms with E-state index < -0.39 is 17.7 Å². The molecule has 0 saturated heterocycles. The molecule has 3 heterocycles. The predicted octanol–water partition coefficient (Wildman–Crippen LogP) is 5.73. The number of carbonyl (C=O) groups is 1. The molecule has 0 amide bonds. The van der Waals surface area contributed by atoms with Crippen LogP contribution in [0.4, 0.5) is 0 Å². The molecule has 41 heavy (non-hydrogen) atoms. The lowest BCUT2D eigenvalue weighted by atomic mass is 9.89. The third kappa shape index (κ3) is 5.36. The van der Waals surface area contributed by atoms with Crippen LogP contribution in [0.5, 0.6) is 11.5 Å². The first-order valence-corrected chi connectivity index (χ1v) is 13.9. The number of methoxy groups -OCH3 is 2. The van der Waals surface area contributed by atoms with Crippen molar-refractivity contribution in [1.82, 2.24) is 9.13 Å². The van der Waals surface area contributed by atoms with Gasteiger partial charge in [-0.05, 0) is 87.1 Å². The molecule has 1 aliphatic heterocycles. The summed E-state index contributed by atoms with van der Waals surface area (Å²) in [6, 6.07) is 13.8. The zero-order chi connectivity index (χ0) is 29.5. The highest BCUT2D eigenvalue weighted by Gasteiger charge is 2.35. The van der Waals surface area contributed by atoms with Crippen LogP contribution in [0, 0.1) is 6.92 Å². The van der Waals surface area contributed by atoms with Crippen molar-refractivity contribution in [2.24, 2.45) is 7.05 Å². The maximum absolute atomic E-state index is 14.1. The minimum atomic E-state index is -1.12. The molecule has 0 N–H and O–H groups in total. The Morgan fingerprint density at radius 3 is 2.46 bits per heavy atom. The Kier molecular flexibility index (Phi) is 7.70. The number of rotatable bonds is 7. The number of hydrogen-bond acceptors (Lipinski definition) is 6. The second kappa shape index (κ2) is 11.1. The van der Waals surface area contributed by atoms with E-state index in [0.717, 1.165) is 57.5 Å². The van der Waals surface area contributed by atoms with Crippen molar-refractivity contribution >= 4 is 16.9 Å². The first kappa shape index (κ1) is 28.5. The van der Waals surface area contributed by atoms with Gasteiger partial charge in [-0.15, -0.1) is 0 Å². The summed E-state index contributed by atoms with van der Waals surface area (Å²) in [6.45, 7) is 8.91. The van der Waals surface area contributed by atoms with Crippen LogP contribution in [0.1, 0.15) is 55.7 Å². The number of hydrogen-bond donors (Lipinski definition) is 0. The van der Waals surface area contributed by atoms with Gasteiger partial charge in [0.2, 0.25) is 0 Å². The Labute approximate surface area is 240 Å². The van der Waals surface area contributed by atoms with Gasteiger partial charge in [-0.2, -0.15) is 0 Å². The average molecular weight is 559 g/mol. The highest BCUT2D eigenvalue weighted by atomic mass is 16.6. The molecule has 0 bridgehead atoms. The summed E-state index contributed by atoms with van der Waals surface area (Å²) < 4.78 is 26.3. The molecule has 1 atom stereocenters. The van der Waals surface area contributed by atoms with Crippen LogP contribution >= 0.6 is 0 Å². The minimum Gasteiger partial charge on any atom is -0.497 e. The van der Waals surface area contributed by atoms with E-state index >= 15 is 0 Å². The lowest BCUT2D eigenvalue weighted by Crippen LogP contribution is -2.34. The van der Waals surface area contributed by atoms with Crippen LogP contribution in [0.3, 0.4) is 0 Å². The number of nitrogens with zero attached hydrogens (tertiary/aromatic N) is 2. The molecule has 0 aliphatic carbocycles. The molecule has 0 radical (unpaired) electrons. The van der Waals surface area contributed by atoms with Gasteiger partial charge in [0.05, 0.1) is 32.1 Å². The van der Waals surface area contributed by atoms with E-state index in [1.807, 2.05) is 74.0 Å². The smallest absolute Gasteiger partial charge is 0.341 e. The lowest BCUT2D eigenvalue weighted by Gasteiger charge is -2.30. The van der Waals surface area contributed by atoms with Gasteiger partial charge in [-0.3, -0.25) is 4.79 Å². The van der Waals surface area contributed by atoms with Crippen LogP contribution in [0.2, 0.25) is 0 Å². The van der Waals surface area contributed by atoms with E-state index in [1.54, 1.807) is 18.7 Å². The van der Waals surface area contributed by atoms with Crippen molar-refractivity contribution in [3.8, 4) is 22.6 Å². The second-order valence-electron chi connectivity index (χ2n) is 11.5. The fraction of sp³-hybridized carbons (Fsp3) is 0.394. The van der Waals surface area contributed by atoms with Crippen molar-refractivity contribution < 1.29 is 23.7 Å². The number of carbonyl (C=O) groups excluding carboxylic acids is 1. The molecule has 2 aromatic carbocycles. The molecule has 216 valence electrons. The summed E-state index contributed by atoms with van der Waals surface area (Å²) in [5.74, 6) is 1.09. The minimum absolute atomic E-state index is 0.220. The van der Waals surface area contributed by atoms with E-state index in [-0.39, 0.29) is 5.56 Å². The molecular formula is C33H38N2O6. The Balaban J connectivity index is 1.81. The van der Waals surface area contributed by atoms with Gasteiger partial charge in [0.15, 0.2) is 6.10 Å². The highest BCUT2D eigenvalue weighted by molar-refractivity contribution is 5.99. The quantitative estimate of drug-likeness (QED) is 0.270. The largest absolute Gasteiger partial charge is 0.497 e. The summed E-state index contributed by atoms with van der Waals surface area (Å²) in [5, 5.41) is 0.753. The molecule has 0 spiro atoms. The topological polar surface area (TPSA) is 80.9 Å². The van der Waals surface area contributed by atoms with Crippen molar-refractivity contribution in [1.29, 1.82) is 0 Å². The molecule has 4 aromatic rings. The fourth-order valence-electron chi connectivity index (χ4n) is 5.69. The Morgan fingerprint density at radius 1 is 1.07 bits per heavy atom. The monoisotopic (exact) mass is 558 g/mol. The number of benzene rings is 2. The Morgan fingerprint density at radius 2 is 1.80 bits per heavy atom. The molecular weight excluding hydrogens is 520 g/mol. The lowest BCUT2D eigenvalue weighted by molar-refractivity contribution is -0.165. The maximum Gasteiger partial charge on any atom is 0.341 e. The number of ether oxygens (including phenoxy) is 4. The third-order valence-corrected chi connectivity index (χ3v) is 7.66. The predicted molar refractivity (Wildman–Crippen MR) is 159 cm³/mol. The molecule has 0 fully saturated rings. The van der Waals surface area contributed by atoms with E-state index in [4.69, 9.17) is 18.9 Å². The number of esters is 1. The second-order valence-corrected chi connectivity index (χ2v) is 11.5. The molecule has 1 unspecified atom stereocenters. The SMILES string of the molecule is COC(=O)C(OC(C)(C)C)c1c(-c2ccc3c(c2C)CCCO3)c2ccn(Cc3ccc(OC)cc3)c2c(=O)n1C. The molecule has 5 rings (SSSR count). The van der Waals surface area contributed by atoms with Crippen LogP contribution in [-0.4, -0.2) is 41.5 Å². The van der Waals surface area contributed by atoms with Gasteiger partial charge in [-0.1, -0.05) is 18.2 Å². The normalized spacial score (nSPS) is 13.9. The Hall–Kier alpha value is -4.04. The maximum atomic E-state index is 14.1. The molecule has 0 saturated carbocycles. The van der Waals surface area contributed by atoms with E-state index in [0.29, 0.717) is 24.4 Å². The summed E-state index contributed by atoms with van der Waals surface area (Å²) in [7, 11) is 4.67. The summed E-state index contributed by atoms with van der Waals surface area (Å²) >= 11 is 0. The summed E-state index contributed by atoms with van der Waals surface area (Å²) in [5.41, 5.74) is 5.06. The van der Waals surface area contributed by atoms with Crippen LogP contribution < -0.4 is 15.0 Å². The van der Waals surface area contributed by atoms with Crippen molar-refractivity contribution in [3.05, 3.63) is 81.4 Å². The van der Waals surface area contributed by atoms with Gasteiger partial charge in [0.25, 0.3) is 5.56 Å². The summed E-state index contributed by atoms with van der Waals surface area (Å²) in [4.78, 5) is 27.4. The molecule has 1 aliphatic rings. The number of pyridine rings is 1. The first-order chi connectivity index (χ1) is 19.5. The zero-order valence-corrected chi connectivity index (χ0v) is 24.9. The zero-order valence-electron chi connectivity index (χ0n) is 24.9. The standard InChI is InChI=1S/C33H38N2O6/c1-20-23-9-8-18-40-26(23)15-14-24(20)27-25-16-17-35(19-21-10-12-22(38-6)13-11-21)28(25)31(36)34(5)29(27)30(32(37)39-7)41-33(2,3)4/h10-17,30H,8-9,18-19H2,1-7H3. The Bertz CT molecular complexity index is 1660. The van der Waals surface area contributed by atoms with Gasteiger partial charge in [-0.25, -0.2) is 4.79 Å². The van der Waals surface area contributed by atoms with E-state index in [9.17, 15) is 9.59 Å². The molecule has 8 nitrogen and oxygen atoms in total. The summed E-state index contributed by atoms with van der Waals surface area (Å²) in [6.07, 6.45) is 2.64. The fourth-order valence-corrected chi connectivity index (χ4v) is 5.69. The van der Waals surface area contributed by atoms with Crippen LogP contribution in [0.25, 0.3) is 22.0 Å². The van der Waals surface area contributed by atoms with Gasteiger partial charge in [0, 0.05) is 30.7 Å². The third-order valence-electron chi connectivity index (χ3n) is 7.66. The molecule has 2 aromatic heterocycles. The molecule has 8 heteroatoms. The van der Waals surface area contributed by atoms with Crippen molar-refractivity contribution in [2.45, 2.75) is 58.8 Å². The average Bonchev–Trinajstić information content (AvgIpc) is 3.37. The number of fused-ring (bicyclic) bond motifs is 2. The van der Waals surface area contributed by atoms with E-state index in [2.05, 4.69) is 6.92 Å². The van der Waals surface area contributed by atoms with Crippen molar-refractivity contribution in [2.75, 3.05) is 20.8 Å². The van der Waals surface area contributed by atoms with Gasteiger partial charge < -0.3 is 28.1 Å². The van der Waals surface area contributed by atoms with E-state index in [1.165, 1.54) is 7.11 Å². The van der Waals surface area contributed by atoms with Gasteiger partial charge in [0.1, 0.15) is 17.0 Å². The number of aromatic nitrogens is 2. The van der Waals surface area contributed by atoms with Crippen LogP contribution in [0.15, 0.2) is 53.5 Å². The highest BCUT2D eigenvalue weighted by Crippen LogP contribution is 2.42. The van der Waals surface area contributed by atoms with Crippen LogP contribution in [-0.2, 0) is 34.3 Å². The first-order valence-electron chi connectivity index (χ1n) is 13.9. The van der Waals surface area contributed by atoms with Gasteiger partial charge >= 0.3 is 5.97 Å². The van der Waals surface area contributed by atoms with Crippen molar-refractivity contribution in [3.63, 3.8) is 0 Å².